The number of pyridine rings is 1. The summed E-state index contributed by atoms with van der Waals surface area (Å²) in [7, 11) is 0. The summed E-state index contributed by atoms with van der Waals surface area (Å²) in [6.07, 6.45) is 7.95. The maximum atomic E-state index is 12.8. The lowest BCUT2D eigenvalue weighted by molar-refractivity contribution is 0.00722. The number of allylic oxidation sites excluding steroid dienone is 2. The quantitative estimate of drug-likeness (QED) is 0.567. The first-order valence-corrected chi connectivity index (χ1v) is 12.0. The summed E-state index contributed by atoms with van der Waals surface area (Å²) in [5.74, 6) is 0.133. The van der Waals surface area contributed by atoms with Crippen molar-refractivity contribution in [2.45, 2.75) is 59.2 Å². The van der Waals surface area contributed by atoms with Gasteiger partial charge in [-0.15, -0.1) is 0 Å². The number of aryl methyl sites for hydroxylation is 1. The predicted molar refractivity (Wildman–Crippen MR) is 133 cm³/mol. The van der Waals surface area contributed by atoms with E-state index in [0.29, 0.717) is 40.9 Å². The van der Waals surface area contributed by atoms with Crippen LogP contribution in [0.1, 0.15) is 56.6 Å². The molecule has 1 saturated heterocycles. The van der Waals surface area contributed by atoms with Crippen LogP contribution in [0.5, 0.6) is 5.88 Å². The molecule has 1 fully saturated rings. The normalized spacial score (nSPS) is 16.7. The highest BCUT2D eigenvalue weighted by Crippen LogP contribution is 2.28. The second-order valence-electron chi connectivity index (χ2n) is 8.90. The van der Waals surface area contributed by atoms with Gasteiger partial charge in [-0.2, -0.15) is 4.37 Å². The standard InChI is InChI=1S/C24H31N5O4S/c1-6-7-12-25-22-20(16(2)28-34-22)21(30)27-17-10-11-19(26-14-17)32-18-9-8-13-29(15-18)23(31)33-24(3,4)5/h6-7,10-12,14,18H,8-9,13,15H2,1-5H3,(H,27,30). The molecule has 3 heterocycles. The van der Waals surface area contributed by atoms with Crippen molar-refractivity contribution in [2.75, 3.05) is 18.4 Å². The van der Waals surface area contributed by atoms with E-state index < -0.39 is 5.60 Å². The number of anilines is 1. The molecule has 2 amide bonds. The Morgan fingerprint density at radius 1 is 1.32 bits per heavy atom. The van der Waals surface area contributed by atoms with E-state index in [-0.39, 0.29) is 18.1 Å². The average Bonchev–Trinajstić information content (AvgIpc) is 3.15. The van der Waals surface area contributed by atoms with Crippen LogP contribution in [0.4, 0.5) is 15.5 Å². The van der Waals surface area contributed by atoms with Crippen LogP contribution in [0.25, 0.3) is 0 Å². The topological polar surface area (TPSA) is 106 Å². The third-order valence-corrected chi connectivity index (χ3v) is 5.70. The second kappa shape index (κ2) is 11.2. The number of piperidine rings is 1. The van der Waals surface area contributed by atoms with Gasteiger partial charge in [-0.25, -0.2) is 14.8 Å². The SMILES string of the molecule is CC=CC=Nc1snc(C)c1C(=O)Nc1ccc(OC2CCCN(C(=O)OC(C)(C)C)C2)nc1. The molecule has 1 aliphatic heterocycles. The number of hydrogen-bond donors (Lipinski definition) is 1. The van der Waals surface area contributed by atoms with Crippen LogP contribution in [0.15, 0.2) is 35.5 Å². The maximum absolute atomic E-state index is 12.8. The van der Waals surface area contributed by atoms with Crippen LogP contribution in [-0.4, -0.2) is 57.3 Å². The molecule has 0 aliphatic carbocycles. The molecule has 0 saturated carbocycles. The van der Waals surface area contributed by atoms with Gasteiger partial charge in [-0.3, -0.25) is 4.79 Å². The molecule has 9 nitrogen and oxygen atoms in total. The van der Waals surface area contributed by atoms with Crippen LogP contribution in [-0.2, 0) is 4.74 Å². The molecule has 1 N–H and O–H groups in total. The van der Waals surface area contributed by atoms with E-state index in [1.165, 1.54) is 11.5 Å². The zero-order chi connectivity index (χ0) is 24.7. The average molecular weight is 486 g/mol. The first-order valence-electron chi connectivity index (χ1n) is 11.2. The molecule has 0 bridgehead atoms. The third-order valence-electron chi connectivity index (χ3n) is 4.85. The Kier molecular flexibility index (Phi) is 8.38. The van der Waals surface area contributed by atoms with Gasteiger partial charge in [0, 0.05) is 18.8 Å². The fourth-order valence-corrected chi connectivity index (χ4v) is 4.07. The highest BCUT2D eigenvalue weighted by atomic mass is 32.1. The van der Waals surface area contributed by atoms with Gasteiger partial charge >= 0.3 is 6.09 Å². The summed E-state index contributed by atoms with van der Waals surface area (Å²) in [4.78, 5) is 35.5. The number of ether oxygens (including phenoxy) is 2. The number of aliphatic imine (C=N–C) groups is 1. The molecule has 182 valence electrons. The van der Waals surface area contributed by atoms with E-state index in [2.05, 4.69) is 19.7 Å². The van der Waals surface area contributed by atoms with Crippen molar-refractivity contribution in [3.8, 4) is 5.88 Å². The molecule has 0 aromatic carbocycles. The van der Waals surface area contributed by atoms with Crippen molar-refractivity contribution < 1.29 is 19.1 Å². The number of amides is 2. The lowest BCUT2D eigenvalue weighted by Gasteiger charge is -2.33. The van der Waals surface area contributed by atoms with Crippen molar-refractivity contribution in [3.63, 3.8) is 0 Å². The molecule has 2 aromatic heterocycles. The Hall–Kier alpha value is -3.27. The van der Waals surface area contributed by atoms with Crippen LogP contribution in [0.3, 0.4) is 0 Å². The summed E-state index contributed by atoms with van der Waals surface area (Å²) in [5, 5.41) is 3.39. The summed E-state index contributed by atoms with van der Waals surface area (Å²) >= 11 is 1.18. The van der Waals surface area contributed by atoms with Gasteiger partial charge in [-0.1, -0.05) is 6.08 Å². The van der Waals surface area contributed by atoms with Crippen LogP contribution in [0, 0.1) is 6.92 Å². The molecule has 0 spiro atoms. The summed E-state index contributed by atoms with van der Waals surface area (Å²) < 4.78 is 15.7. The smallest absolute Gasteiger partial charge is 0.410 e. The Morgan fingerprint density at radius 2 is 2.12 bits per heavy atom. The lowest BCUT2D eigenvalue weighted by atomic mass is 10.1. The van der Waals surface area contributed by atoms with Crippen LogP contribution < -0.4 is 10.1 Å². The number of nitrogens with zero attached hydrogens (tertiary/aromatic N) is 4. The van der Waals surface area contributed by atoms with Gasteiger partial charge in [0.15, 0.2) is 0 Å². The molecule has 10 heteroatoms. The first kappa shape index (κ1) is 25.4. The van der Waals surface area contributed by atoms with E-state index in [0.717, 1.165) is 12.8 Å². The number of carbonyl (C=O) groups excluding carboxylic acids is 2. The van der Waals surface area contributed by atoms with Gasteiger partial charge in [0.05, 0.1) is 29.7 Å². The van der Waals surface area contributed by atoms with Gasteiger partial charge in [0.1, 0.15) is 16.7 Å². The Balaban J connectivity index is 1.59. The van der Waals surface area contributed by atoms with Gasteiger partial charge in [-0.05, 0) is 71.1 Å². The van der Waals surface area contributed by atoms with Crippen molar-refractivity contribution in [1.82, 2.24) is 14.3 Å². The van der Waals surface area contributed by atoms with E-state index in [1.54, 1.807) is 42.4 Å². The number of aromatic nitrogens is 2. The largest absolute Gasteiger partial charge is 0.472 e. The predicted octanol–water partition coefficient (Wildman–Crippen LogP) is 5.16. The fourth-order valence-electron chi connectivity index (χ4n) is 3.32. The highest BCUT2D eigenvalue weighted by Gasteiger charge is 2.28. The molecule has 34 heavy (non-hydrogen) atoms. The Labute approximate surface area is 204 Å². The van der Waals surface area contributed by atoms with E-state index >= 15 is 0 Å². The van der Waals surface area contributed by atoms with E-state index in [4.69, 9.17) is 9.47 Å². The van der Waals surface area contributed by atoms with Gasteiger partial charge < -0.3 is 19.7 Å². The van der Waals surface area contributed by atoms with Crippen molar-refractivity contribution in [3.05, 3.63) is 41.7 Å². The molecule has 1 aliphatic rings. The number of nitrogens with one attached hydrogen (secondary N) is 1. The molecule has 1 atom stereocenters. The number of likely N-dealkylation sites (tertiary alicyclic amines) is 1. The van der Waals surface area contributed by atoms with E-state index in [9.17, 15) is 9.59 Å². The van der Waals surface area contributed by atoms with Crippen molar-refractivity contribution >= 4 is 40.4 Å². The fraction of sp³-hybridized carbons (Fsp3) is 0.458. The highest BCUT2D eigenvalue weighted by molar-refractivity contribution is 7.10. The van der Waals surface area contributed by atoms with Gasteiger partial charge in [0.2, 0.25) is 5.88 Å². The molecular formula is C24H31N5O4S. The summed E-state index contributed by atoms with van der Waals surface area (Å²) in [6, 6.07) is 3.43. The monoisotopic (exact) mass is 485 g/mol. The maximum Gasteiger partial charge on any atom is 0.410 e. The van der Waals surface area contributed by atoms with Crippen LogP contribution >= 0.6 is 11.5 Å². The molecule has 0 radical (unpaired) electrons. The first-order chi connectivity index (χ1) is 16.2. The molecule has 3 rings (SSSR count). The molecule has 1 unspecified atom stereocenters. The summed E-state index contributed by atoms with van der Waals surface area (Å²) in [6.45, 7) is 10.3. The Morgan fingerprint density at radius 3 is 2.79 bits per heavy atom. The molecular weight excluding hydrogens is 454 g/mol. The number of carbonyl (C=O) groups is 2. The third kappa shape index (κ3) is 7.11. The number of hydrogen-bond acceptors (Lipinski definition) is 8. The minimum absolute atomic E-state index is 0.175. The zero-order valence-corrected chi connectivity index (χ0v) is 21.0. The second-order valence-corrected chi connectivity index (χ2v) is 9.65. The zero-order valence-electron chi connectivity index (χ0n) is 20.2. The summed E-state index contributed by atoms with van der Waals surface area (Å²) in [5.41, 5.74) is 1.06. The van der Waals surface area contributed by atoms with Crippen LogP contribution in [0.2, 0.25) is 0 Å². The molecule has 2 aromatic rings. The Bertz CT molecular complexity index is 1060. The van der Waals surface area contributed by atoms with Crippen molar-refractivity contribution in [1.29, 1.82) is 0 Å². The van der Waals surface area contributed by atoms with Crippen molar-refractivity contribution in [2.24, 2.45) is 4.99 Å². The lowest BCUT2D eigenvalue weighted by Crippen LogP contribution is -2.46. The minimum atomic E-state index is -0.538. The van der Waals surface area contributed by atoms with E-state index in [1.807, 2.05) is 33.8 Å². The minimum Gasteiger partial charge on any atom is -0.472 e. The van der Waals surface area contributed by atoms with Gasteiger partial charge in [0.25, 0.3) is 5.91 Å². The number of rotatable bonds is 6.